The highest BCUT2D eigenvalue weighted by Gasteiger charge is 2.11. The molecule has 0 fully saturated rings. The summed E-state index contributed by atoms with van der Waals surface area (Å²) in [5, 5.41) is 10.4. The van der Waals surface area contributed by atoms with Crippen molar-refractivity contribution in [2.24, 2.45) is 0 Å². The normalized spacial score (nSPS) is 9.40. The third kappa shape index (κ3) is 2.67. The first-order chi connectivity index (χ1) is 7.19. The van der Waals surface area contributed by atoms with E-state index in [-0.39, 0.29) is 18.0 Å². The van der Waals surface area contributed by atoms with Crippen LogP contribution in [0.5, 0.6) is 11.5 Å². The maximum Gasteiger partial charge on any atom is 0.273 e. The molecule has 0 spiro atoms. The Hall–Kier alpha value is -2.11. The second-order valence-corrected chi connectivity index (χ2v) is 2.57. The smallest absolute Gasteiger partial charge is 0.273 e. The molecule has 0 saturated carbocycles. The van der Waals surface area contributed by atoms with E-state index in [4.69, 9.17) is 9.47 Å². The minimum atomic E-state index is -0.536. The van der Waals surface area contributed by atoms with E-state index in [2.05, 4.69) is 0 Å². The number of carbonyl (C=O) groups excluding carboxylic acids is 1. The minimum Gasteiger partial charge on any atom is -0.493 e. The van der Waals surface area contributed by atoms with Gasteiger partial charge < -0.3 is 9.47 Å². The Kier molecular flexibility index (Phi) is 3.61. The number of nitrogens with zero attached hydrogens (tertiary/aromatic N) is 1. The first-order valence-corrected chi connectivity index (χ1v) is 4.08. The van der Waals surface area contributed by atoms with Crippen LogP contribution in [0.4, 0.5) is 5.69 Å². The predicted molar refractivity (Wildman–Crippen MR) is 51.2 cm³/mol. The lowest BCUT2D eigenvalue weighted by Crippen LogP contribution is -2.00. The molecule has 0 aliphatic heterocycles. The van der Waals surface area contributed by atoms with E-state index in [1.807, 2.05) is 0 Å². The Bertz CT molecular complexity index is 377. The molecular formula is C9H9NO5. The van der Waals surface area contributed by atoms with Crippen molar-refractivity contribution in [1.82, 2.24) is 0 Å². The lowest BCUT2D eigenvalue weighted by Gasteiger charge is -2.07. The molecule has 1 rings (SSSR count). The summed E-state index contributed by atoms with van der Waals surface area (Å²) in [7, 11) is 1.37. The molecule has 0 aliphatic rings. The molecule has 0 radical (unpaired) electrons. The molecular weight excluding hydrogens is 202 g/mol. The van der Waals surface area contributed by atoms with E-state index < -0.39 is 4.92 Å². The van der Waals surface area contributed by atoms with Crippen LogP contribution in [0.1, 0.15) is 0 Å². The van der Waals surface area contributed by atoms with Gasteiger partial charge in [0.2, 0.25) is 0 Å². The van der Waals surface area contributed by atoms with Gasteiger partial charge in [-0.25, -0.2) is 0 Å². The molecule has 0 bridgehead atoms. The SMILES string of the molecule is COc1cc([N+](=O)[O-])ccc1OCC=O. The molecule has 0 unspecified atom stereocenters. The van der Waals surface area contributed by atoms with Crippen molar-refractivity contribution in [3.63, 3.8) is 0 Å². The maximum atomic E-state index is 10.4. The Morgan fingerprint density at radius 2 is 2.20 bits per heavy atom. The zero-order valence-electron chi connectivity index (χ0n) is 8.00. The summed E-state index contributed by atoms with van der Waals surface area (Å²) in [4.78, 5) is 20.0. The summed E-state index contributed by atoms with van der Waals surface area (Å²) in [6.07, 6.45) is 0.584. The van der Waals surface area contributed by atoms with E-state index in [9.17, 15) is 14.9 Å². The monoisotopic (exact) mass is 211 g/mol. The summed E-state index contributed by atoms with van der Waals surface area (Å²) in [6, 6.07) is 3.91. The molecule has 80 valence electrons. The number of rotatable bonds is 5. The lowest BCUT2D eigenvalue weighted by molar-refractivity contribution is -0.384. The van der Waals surface area contributed by atoms with Crippen LogP contribution in [0.3, 0.4) is 0 Å². The van der Waals surface area contributed by atoms with Gasteiger partial charge in [0, 0.05) is 6.07 Å². The number of ether oxygens (including phenoxy) is 2. The summed E-state index contributed by atoms with van der Waals surface area (Å²) in [6.45, 7) is -0.117. The summed E-state index contributed by atoms with van der Waals surface area (Å²) in [5.74, 6) is 0.529. The van der Waals surface area contributed by atoms with Gasteiger partial charge in [-0.05, 0) is 6.07 Å². The molecule has 0 amide bonds. The van der Waals surface area contributed by atoms with Gasteiger partial charge >= 0.3 is 0 Å². The Morgan fingerprint density at radius 3 is 2.73 bits per heavy atom. The van der Waals surface area contributed by atoms with Gasteiger partial charge in [0.25, 0.3) is 5.69 Å². The van der Waals surface area contributed by atoms with Crippen molar-refractivity contribution in [3.05, 3.63) is 28.3 Å². The quantitative estimate of drug-likeness (QED) is 0.415. The summed E-state index contributed by atoms with van der Waals surface area (Å²) >= 11 is 0. The predicted octanol–water partition coefficient (Wildman–Crippen LogP) is 1.18. The second kappa shape index (κ2) is 4.94. The molecule has 1 aromatic carbocycles. The molecule has 0 aromatic heterocycles. The summed E-state index contributed by atoms with van der Waals surface area (Å²) in [5.41, 5.74) is -0.0923. The van der Waals surface area contributed by atoms with Crippen LogP contribution in [-0.2, 0) is 4.79 Å². The zero-order valence-corrected chi connectivity index (χ0v) is 8.00. The largest absolute Gasteiger partial charge is 0.493 e. The number of nitro benzene ring substituents is 1. The van der Waals surface area contributed by atoms with Crippen LogP contribution in [0.15, 0.2) is 18.2 Å². The van der Waals surface area contributed by atoms with E-state index in [0.29, 0.717) is 12.0 Å². The molecule has 0 aliphatic carbocycles. The minimum absolute atomic E-state index is 0.0923. The highest BCUT2D eigenvalue weighted by atomic mass is 16.6. The van der Waals surface area contributed by atoms with Gasteiger partial charge in [-0.3, -0.25) is 14.9 Å². The molecule has 1 aromatic rings. The van der Waals surface area contributed by atoms with Crippen LogP contribution < -0.4 is 9.47 Å². The van der Waals surface area contributed by atoms with Gasteiger partial charge in [-0.1, -0.05) is 0 Å². The topological polar surface area (TPSA) is 78.7 Å². The Labute approximate surface area is 85.6 Å². The number of benzene rings is 1. The first kappa shape index (κ1) is 11.0. The van der Waals surface area contributed by atoms with Gasteiger partial charge in [0.15, 0.2) is 17.8 Å². The summed E-state index contributed by atoms with van der Waals surface area (Å²) < 4.78 is 9.88. The standard InChI is InChI=1S/C9H9NO5/c1-14-9-6-7(10(12)13)2-3-8(9)15-5-4-11/h2-4,6H,5H2,1H3. The van der Waals surface area contributed by atoms with E-state index in [0.717, 1.165) is 0 Å². The highest BCUT2D eigenvalue weighted by Crippen LogP contribution is 2.30. The van der Waals surface area contributed by atoms with Crippen molar-refractivity contribution < 1.29 is 19.2 Å². The third-order valence-corrected chi connectivity index (χ3v) is 1.66. The van der Waals surface area contributed by atoms with E-state index in [1.54, 1.807) is 0 Å². The van der Waals surface area contributed by atoms with Crippen molar-refractivity contribution >= 4 is 12.0 Å². The number of aldehydes is 1. The van der Waals surface area contributed by atoms with Crippen LogP contribution in [-0.4, -0.2) is 24.9 Å². The van der Waals surface area contributed by atoms with Crippen molar-refractivity contribution in [2.75, 3.05) is 13.7 Å². The fraction of sp³-hybridized carbons (Fsp3) is 0.222. The van der Waals surface area contributed by atoms with Crippen LogP contribution >= 0.6 is 0 Å². The number of hydrogen-bond acceptors (Lipinski definition) is 5. The molecule has 0 heterocycles. The number of carbonyl (C=O) groups is 1. The number of nitro groups is 1. The highest BCUT2D eigenvalue weighted by molar-refractivity contribution is 5.53. The Balaban J connectivity index is 2.97. The second-order valence-electron chi connectivity index (χ2n) is 2.57. The van der Waals surface area contributed by atoms with Crippen molar-refractivity contribution in [1.29, 1.82) is 0 Å². The zero-order chi connectivity index (χ0) is 11.3. The Morgan fingerprint density at radius 1 is 1.47 bits per heavy atom. The average molecular weight is 211 g/mol. The number of non-ortho nitro benzene ring substituents is 1. The van der Waals surface area contributed by atoms with Gasteiger partial charge in [0.05, 0.1) is 18.1 Å². The maximum absolute atomic E-state index is 10.4. The van der Waals surface area contributed by atoms with Crippen molar-refractivity contribution in [3.8, 4) is 11.5 Å². The molecule has 0 N–H and O–H groups in total. The molecule has 15 heavy (non-hydrogen) atoms. The van der Waals surface area contributed by atoms with E-state index >= 15 is 0 Å². The van der Waals surface area contributed by atoms with E-state index in [1.165, 1.54) is 25.3 Å². The lowest BCUT2D eigenvalue weighted by atomic mass is 10.3. The average Bonchev–Trinajstić information content (AvgIpc) is 2.25. The molecule has 6 heteroatoms. The molecule has 0 saturated heterocycles. The van der Waals surface area contributed by atoms with Crippen LogP contribution in [0.2, 0.25) is 0 Å². The fourth-order valence-corrected chi connectivity index (χ4v) is 1.01. The van der Waals surface area contributed by atoms with Crippen LogP contribution in [0.25, 0.3) is 0 Å². The first-order valence-electron chi connectivity index (χ1n) is 4.08. The van der Waals surface area contributed by atoms with Gasteiger partial charge in [0.1, 0.15) is 6.61 Å². The van der Waals surface area contributed by atoms with Crippen LogP contribution in [0, 0.1) is 10.1 Å². The number of methoxy groups -OCH3 is 1. The molecule has 6 nitrogen and oxygen atoms in total. The van der Waals surface area contributed by atoms with Gasteiger partial charge in [-0.2, -0.15) is 0 Å². The molecule has 0 atom stereocenters. The van der Waals surface area contributed by atoms with Crippen molar-refractivity contribution in [2.45, 2.75) is 0 Å². The third-order valence-electron chi connectivity index (χ3n) is 1.66. The number of hydrogen-bond donors (Lipinski definition) is 0. The van der Waals surface area contributed by atoms with Gasteiger partial charge in [-0.15, -0.1) is 0 Å². The fourth-order valence-electron chi connectivity index (χ4n) is 1.01.